The van der Waals surface area contributed by atoms with Crippen LogP contribution >= 0.6 is 0 Å². The minimum absolute atomic E-state index is 0.239. The molecule has 0 aromatic heterocycles. The van der Waals surface area contributed by atoms with Crippen LogP contribution in [0, 0.1) is 5.82 Å². The van der Waals surface area contributed by atoms with Gasteiger partial charge >= 0.3 is 0 Å². The predicted octanol–water partition coefficient (Wildman–Crippen LogP) is 1.83. The Labute approximate surface area is 98.4 Å². The van der Waals surface area contributed by atoms with Crippen LogP contribution in [0.25, 0.3) is 0 Å². The number of benzene rings is 1. The van der Waals surface area contributed by atoms with Gasteiger partial charge in [-0.25, -0.2) is 4.39 Å². The Hall–Kier alpha value is -0.580. The molecule has 1 aliphatic heterocycles. The Balaban J connectivity index is 1.90. The average Bonchev–Trinajstić information content (AvgIpc) is 2.33. The van der Waals surface area contributed by atoms with E-state index in [1.807, 2.05) is 0 Å². The lowest BCUT2D eigenvalue weighted by molar-refractivity contribution is 0.495. The van der Waals surface area contributed by atoms with Crippen LogP contribution in [0.15, 0.2) is 24.3 Å². The van der Waals surface area contributed by atoms with E-state index in [0.29, 0.717) is 11.0 Å². The lowest BCUT2D eigenvalue weighted by Gasteiger charge is -2.25. The Bertz CT molecular complexity index is 324. The van der Waals surface area contributed by atoms with Crippen molar-refractivity contribution in [3.8, 4) is 0 Å². The van der Waals surface area contributed by atoms with E-state index in [-0.39, 0.29) is 5.82 Å². The summed E-state index contributed by atoms with van der Waals surface area (Å²) >= 11 is -0.827. The molecule has 1 unspecified atom stereocenters. The lowest BCUT2D eigenvalue weighted by Crippen LogP contribution is -2.36. The summed E-state index contributed by atoms with van der Waals surface area (Å²) in [4.78, 5) is 0. The molecule has 1 N–H and O–H groups in total. The van der Waals surface area contributed by atoms with Crippen LogP contribution < -0.4 is 5.32 Å². The van der Waals surface area contributed by atoms with Crippen LogP contribution in [-0.4, -0.2) is 22.9 Å². The number of nitrogens with one attached hydrogen (secondary N) is 1. The maximum atomic E-state index is 12.7. The average molecular weight is 241 g/mol. The molecule has 4 heteroatoms. The number of halogens is 1. The van der Waals surface area contributed by atoms with E-state index in [4.69, 9.17) is 0 Å². The molecule has 0 spiro atoms. The van der Waals surface area contributed by atoms with Gasteiger partial charge in [0.1, 0.15) is 16.8 Å². The molecule has 0 aliphatic carbocycles. The molecule has 1 saturated heterocycles. The van der Waals surface area contributed by atoms with Crippen LogP contribution in [0.3, 0.4) is 0 Å². The normalized spacial score (nSPS) is 19.6. The van der Waals surface area contributed by atoms with Crippen LogP contribution in [0.5, 0.6) is 0 Å². The first-order valence-electron chi connectivity index (χ1n) is 5.58. The Kier molecular flexibility index (Phi) is 4.21. The molecule has 2 rings (SSSR count). The predicted molar refractivity (Wildman–Crippen MR) is 64.1 cm³/mol. The Morgan fingerprint density at radius 1 is 1.25 bits per heavy atom. The maximum Gasteiger partial charge on any atom is 0.130 e. The standard InChI is InChI=1S/C12H16FNOS/c13-11-3-1-10(2-4-11)9-16(15)12-5-7-14-8-6-12/h1-4,12,14H,5-9H2. The van der Waals surface area contributed by atoms with Crippen molar-refractivity contribution >= 4 is 11.2 Å². The van der Waals surface area contributed by atoms with Gasteiger partial charge in [-0.3, -0.25) is 0 Å². The third-order valence-corrected chi connectivity index (χ3v) is 4.71. The first-order valence-corrected chi connectivity index (χ1v) is 6.96. The van der Waals surface area contributed by atoms with E-state index in [0.717, 1.165) is 31.5 Å². The molecule has 1 aromatic carbocycles. The van der Waals surface area contributed by atoms with Gasteiger partial charge in [0.05, 0.1) is 0 Å². The van der Waals surface area contributed by atoms with Gasteiger partial charge in [0.2, 0.25) is 0 Å². The molecule has 1 aliphatic rings. The highest BCUT2D eigenvalue weighted by molar-refractivity contribution is 7.91. The molecule has 2 nitrogen and oxygen atoms in total. The highest BCUT2D eigenvalue weighted by Gasteiger charge is 2.24. The second-order valence-electron chi connectivity index (χ2n) is 4.10. The molecule has 88 valence electrons. The highest BCUT2D eigenvalue weighted by Crippen LogP contribution is 2.18. The fourth-order valence-corrected chi connectivity index (χ4v) is 3.44. The lowest BCUT2D eigenvalue weighted by atomic mass is 10.2. The van der Waals surface area contributed by atoms with Crippen LogP contribution in [-0.2, 0) is 16.9 Å². The zero-order valence-corrected chi connectivity index (χ0v) is 9.93. The van der Waals surface area contributed by atoms with Crippen molar-refractivity contribution < 1.29 is 8.94 Å². The van der Waals surface area contributed by atoms with Crippen molar-refractivity contribution in [2.75, 3.05) is 13.1 Å². The van der Waals surface area contributed by atoms with E-state index in [1.165, 1.54) is 12.1 Å². The van der Waals surface area contributed by atoms with Crippen LogP contribution in [0.2, 0.25) is 0 Å². The first-order chi connectivity index (χ1) is 7.75. The van der Waals surface area contributed by atoms with Crippen molar-refractivity contribution in [2.45, 2.75) is 23.8 Å². The van der Waals surface area contributed by atoms with Crippen LogP contribution in [0.1, 0.15) is 18.4 Å². The van der Waals surface area contributed by atoms with Gasteiger partial charge in [0.15, 0.2) is 0 Å². The minimum atomic E-state index is -0.827. The number of hydrogen-bond donors (Lipinski definition) is 1. The third kappa shape index (κ3) is 3.20. The number of rotatable bonds is 3. The molecular weight excluding hydrogens is 225 g/mol. The van der Waals surface area contributed by atoms with Gasteiger partial charge in [-0.05, 0) is 36.4 Å². The topological polar surface area (TPSA) is 35.1 Å². The Morgan fingerprint density at radius 3 is 2.50 bits per heavy atom. The third-order valence-electron chi connectivity index (χ3n) is 2.88. The smallest absolute Gasteiger partial charge is 0.130 e. The zero-order chi connectivity index (χ0) is 11.4. The summed E-state index contributed by atoms with van der Waals surface area (Å²) in [7, 11) is 0. The highest BCUT2D eigenvalue weighted by atomic mass is 32.2. The van der Waals surface area contributed by atoms with Gasteiger partial charge in [-0.1, -0.05) is 12.1 Å². The summed E-state index contributed by atoms with van der Waals surface area (Å²) in [6.07, 6.45) is 1.96. The summed E-state index contributed by atoms with van der Waals surface area (Å²) in [5, 5.41) is 3.55. The van der Waals surface area contributed by atoms with Gasteiger partial charge < -0.3 is 9.87 Å². The molecule has 1 aromatic rings. The SMILES string of the molecule is [O-][S+](Cc1ccc(F)cc1)C1CCNCC1. The number of piperidine rings is 1. The molecule has 0 radical (unpaired) electrons. The quantitative estimate of drug-likeness (QED) is 0.819. The number of hydrogen-bond acceptors (Lipinski definition) is 2. The van der Waals surface area contributed by atoms with E-state index in [1.54, 1.807) is 12.1 Å². The van der Waals surface area contributed by atoms with E-state index >= 15 is 0 Å². The second-order valence-corrected chi connectivity index (χ2v) is 5.82. The van der Waals surface area contributed by atoms with Crippen molar-refractivity contribution in [2.24, 2.45) is 0 Å². The van der Waals surface area contributed by atoms with E-state index in [2.05, 4.69) is 5.32 Å². The monoisotopic (exact) mass is 241 g/mol. The molecule has 0 bridgehead atoms. The van der Waals surface area contributed by atoms with E-state index in [9.17, 15) is 8.94 Å². The minimum Gasteiger partial charge on any atom is -0.616 e. The van der Waals surface area contributed by atoms with Gasteiger partial charge in [-0.15, -0.1) is 0 Å². The summed E-state index contributed by atoms with van der Waals surface area (Å²) in [6.45, 7) is 1.92. The van der Waals surface area contributed by atoms with Crippen molar-refractivity contribution in [3.05, 3.63) is 35.6 Å². The summed E-state index contributed by atoms with van der Waals surface area (Å²) in [5.74, 6) is 0.307. The molecule has 1 fully saturated rings. The summed E-state index contributed by atoms with van der Waals surface area (Å²) in [6, 6.07) is 6.28. The fourth-order valence-electron chi connectivity index (χ4n) is 1.92. The van der Waals surface area contributed by atoms with E-state index < -0.39 is 11.2 Å². The summed E-state index contributed by atoms with van der Waals surface area (Å²) in [5.41, 5.74) is 0.957. The fraction of sp³-hybridized carbons (Fsp3) is 0.500. The molecule has 0 amide bonds. The van der Waals surface area contributed by atoms with Gasteiger partial charge in [0.25, 0.3) is 0 Å². The summed E-state index contributed by atoms with van der Waals surface area (Å²) < 4.78 is 24.7. The zero-order valence-electron chi connectivity index (χ0n) is 9.12. The molecule has 1 atom stereocenters. The van der Waals surface area contributed by atoms with Gasteiger partial charge in [0, 0.05) is 18.4 Å². The molecule has 16 heavy (non-hydrogen) atoms. The van der Waals surface area contributed by atoms with Gasteiger partial charge in [-0.2, -0.15) is 0 Å². The molecule has 0 saturated carbocycles. The van der Waals surface area contributed by atoms with Crippen molar-refractivity contribution in [3.63, 3.8) is 0 Å². The Morgan fingerprint density at radius 2 is 1.88 bits per heavy atom. The molecule has 1 heterocycles. The van der Waals surface area contributed by atoms with Crippen LogP contribution in [0.4, 0.5) is 4.39 Å². The van der Waals surface area contributed by atoms with Crippen molar-refractivity contribution in [1.29, 1.82) is 0 Å². The maximum absolute atomic E-state index is 12.7. The van der Waals surface area contributed by atoms with Crippen molar-refractivity contribution in [1.82, 2.24) is 5.32 Å². The largest absolute Gasteiger partial charge is 0.616 e. The first kappa shape index (κ1) is 11.9. The second kappa shape index (κ2) is 5.66. The molecular formula is C12H16FNOS.